The van der Waals surface area contributed by atoms with Gasteiger partial charge in [0.1, 0.15) is 0 Å². The van der Waals surface area contributed by atoms with Crippen LogP contribution >= 0.6 is 24.0 Å². The van der Waals surface area contributed by atoms with Crippen molar-refractivity contribution in [3.8, 4) is 11.5 Å². The Bertz CT molecular complexity index is 780. The Morgan fingerprint density at radius 3 is 2.56 bits per heavy atom. The lowest BCUT2D eigenvalue weighted by atomic mass is 9.78. The summed E-state index contributed by atoms with van der Waals surface area (Å²) >= 11 is 0. The van der Waals surface area contributed by atoms with Crippen LogP contribution in [-0.4, -0.2) is 33.3 Å². The zero-order valence-electron chi connectivity index (χ0n) is 16.1. The Morgan fingerprint density at radius 2 is 1.85 bits per heavy atom. The summed E-state index contributed by atoms with van der Waals surface area (Å²) in [5.74, 6) is 2.86. The number of methoxy groups -OCH3 is 2. The van der Waals surface area contributed by atoms with E-state index in [1.54, 1.807) is 14.2 Å². The SMILES string of the molecule is CCNC(=NCc1ccc(OC)c(OC)c1)NCC1Cc2ccccc21.I. The van der Waals surface area contributed by atoms with Crippen molar-refractivity contribution in [1.82, 2.24) is 10.6 Å². The molecule has 1 aliphatic rings. The number of fused-ring (bicyclic) bond motifs is 1. The number of hydrogen-bond acceptors (Lipinski definition) is 3. The number of halogens is 1. The molecule has 0 bridgehead atoms. The van der Waals surface area contributed by atoms with Crippen molar-refractivity contribution in [1.29, 1.82) is 0 Å². The lowest BCUT2D eigenvalue weighted by Gasteiger charge is -2.30. The van der Waals surface area contributed by atoms with Gasteiger partial charge in [-0.3, -0.25) is 0 Å². The molecule has 3 rings (SSSR count). The summed E-state index contributed by atoms with van der Waals surface area (Å²) in [6.07, 6.45) is 1.14. The predicted molar refractivity (Wildman–Crippen MR) is 121 cm³/mol. The van der Waals surface area contributed by atoms with Crippen LogP contribution in [0, 0.1) is 0 Å². The average molecular weight is 481 g/mol. The Hall–Kier alpha value is -1.96. The van der Waals surface area contributed by atoms with Crippen LogP contribution < -0.4 is 20.1 Å². The highest BCUT2D eigenvalue weighted by Crippen LogP contribution is 2.34. The highest BCUT2D eigenvalue weighted by atomic mass is 127. The van der Waals surface area contributed by atoms with Gasteiger partial charge in [-0.2, -0.15) is 0 Å². The van der Waals surface area contributed by atoms with Crippen LogP contribution in [0.25, 0.3) is 0 Å². The highest BCUT2D eigenvalue weighted by molar-refractivity contribution is 14.0. The molecule has 2 aromatic rings. The fraction of sp³-hybridized carbons (Fsp3) is 0.381. The van der Waals surface area contributed by atoms with Crippen LogP contribution in [0.2, 0.25) is 0 Å². The molecule has 0 amide bonds. The van der Waals surface area contributed by atoms with Gasteiger partial charge in [-0.1, -0.05) is 30.3 Å². The van der Waals surface area contributed by atoms with E-state index in [0.29, 0.717) is 12.5 Å². The Labute approximate surface area is 178 Å². The molecule has 0 aliphatic heterocycles. The third kappa shape index (κ3) is 5.28. The van der Waals surface area contributed by atoms with Crippen LogP contribution in [0.4, 0.5) is 0 Å². The monoisotopic (exact) mass is 481 g/mol. The van der Waals surface area contributed by atoms with Crippen molar-refractivity contribution in [2.45, 2.75) is 25.8 Å². The van der Waals surface area contributed by atoms with Crippen LogP contribution in [0.15, 0.2) is 47.5 Å². The second kappa shape index (κ2) is 10.4. The van der Waals surface area contributed by atoms with E-state index in [9.17, 15) is 0 Å². The molecule has 5 nitrogen and oxygen atoms in total. The molecule has 1 unspecified atom stereocenters. The van der Waals surface area contributed by atoms with Gasteiger partial charge in [0.05, 0.1) is 20.8 Å². The summed E-state index contributed by atoms with van der Waals surface area (Å²) in [5.41, 5.74) is 4.00. The number of benzene rings is 2. The average Bonchev–Trinajstić information content (AvgIpc) is 2.66. The highest BCUT2D eigenvalue weighted by Gasteiger charge is 2.25. The van der Waals surface area contributed by atoms with Crippen LogP contribution in [0.5, 0.6) is 11.5 Å². The maximum absolute atomic E-state index is 5.36. The van der Waals surface area contributed by atoms with E-state index in [1.165, 1.54) is 11.1 Å². The fourth-order valence-electron chi connectivity index (χ4n) is 3.26. The first-order valence-electron chi connectivity index (χ1n) is 9.06. The number of hydrogen-bond donors (Lipinski definition) is 2. The molecule has 1 atom stereocenters. The third-order valence-electron chi connectivity index (χ3n) is 4.69. The van der Waals surface area contributed by atoms with Crippen molar-refractivity contribution >= 4 is 29.9 Å². The minimum Gasteiger partial charge on any atom is -0.493 e. The van der Waals surface area contributed by atoms with E-state index in [-0.39, 0.29) is 24.0 Å². The minimum atomic E-state index is 0. The van der Waals surface area contributed by atoms with E-state index in [1.807, 2.05) is 18.2 Å². The Morgan fingerprint density at radius 1 is 1.07 bits per heavy atom. The van der Waals surface area contributed by atoms with Crippen molar-refractivity contribution in [2.75, 3.05) is 27.3 Å². The summed E-state index contributed by atoms with van der Waals surface area (Å²) in [4.78, 5) is 4.70. The van der Waals surface area contributed by atoms with Crippen molar-refractivity contribution in [3.63, 3.8) is 0 Å². The van der Waals surface area contributed by atoms with Gasteiger partial charge in [-0.15, -0.1) is 24.0 Å². The molecule has 146 valence electrons. The van der Waals surface area contributed by atoms with Gasteiger partial charge in [-0.05, 0) is 42.2 Å². The first kappa shape index (κ1) is 21.3. The summed E-state index contributed by atoms with van der Waals surface area (Å²) in [5, 5.41) is 6.78. The van der Waals surface area contributed by atoms with E-state index in [2.05, 4.69) is 41.8 Å². The fourth-order valence-corrected chi connectivity index (χ4v) is 3.26. The van der Waals surface area contributed by atoms with Crippen molar-refractivity contribution < 1.29 is 9.47 Å². The van der Waals surface area contributed by atoms with Gasteiger partial charge in [0, 0.05) is 19.0 Å². The largest absolute Gasteiger partial charge is 0.493 e. The van der Waals surface area contributed by atoms with Crippen LogP contribution in [0.1, 0.15) is 29.5 Å². The minimum absolute atomic E-state index is 0. The smallest absolute Gasteiger partial charge is 0.191 e. The number of rotatable bonds is 7. The zero-order valence-corrected chi connectivity index (χ0v) is 18.4. The molecule has 6 heteroatoms. The topological polar surface area (TPSA) is 54.9 Å². The normalized spacial score (nSPS) is 15.1. The van der Waals surface area contributed by atoms with Gasteiger partial charge in [0.2, 0.25) is 0 Å². The van der Waals surface area contributed by atoms with Crippen LogP contribution in [0.3, 0.4) is 0 Å². The molecular formula is C21H28IN3O2. The number of guanidine groups is 1. The summed E-state index contributed by atoms with van der Waals surface area (Å²) < 4.78 is 10.6. The molecule has 0 saturated carbocycles. The molecule has 0 aromatic heterocycles. The lowest BCUT2D eigenvalue weighted by molar-refractivity contribution is 0.354. The zero-order chi connectivity index (χ0) is 18.4. The molecular weight excluding hydrogens is 453 g/mol. The van der Waals surface area contributed by atoms with Crippen molar-refractivity contribution in [2.24, 2.45) is 4.99 Å². The predicted octanol–water partition coefficient (Wildman–Crippen LogP) is 3.72. The second-order valence-corrected chi connectivity index (χ2v) is 6.37. The molecule has 0 spiro atoms. The summed E-state index contributed by atoms with van der Waals surface area (Å²) in [6.45, 7) is 4.39. The van der Waals surface area contributed by atoms with Gasteiger partial charge in [-0.25, -0.2) is 4.99 Å². The van der Waals surface area contributed by atoms with Gasteiger partial charge in [0.25, 0.3) is 0 Å². The maximum atomic E-state index is 5.36. The Kier molecular flexibility index (Phi) is 8.22. The Balaban J connectivity index is 0.00000261. The van der Waals surface area contributed by atoms with E-state index >= 15 is 0 Å². The summed E-state index contributed by atoms with van der Waals surface area (Å²) in [7, 11) is 3.29. The molecule has 1 aliphatic carbocycles. The quantitative estimate of drug-likeness (QED) is 0.360. The molecule has 0 fully saturated rings. The molecule has 2 N–H and O–H groups in total. The first-order chi connectivity index (χ1) is 12.7. The third-order valence-corrected chi connectivity index (χ3v) is 4.69. The molecule has 0 heterocycles. The van der Waals surface area contributed by atoms with E-state index < -0.39 is 0 Å². The second-order valence-electron chi connectivity index (χ2n) is 6.37. The van der Waals surface area contributed by atoms with E-state index in [4.69, 9.17) is 14.5 Å². The van der Waals surface area contributed by atoms with Crippen LogP contribution in [-0.2, 0) is 13.0 Å². The number of nitrogens with zero attached hydrogens (tertiary/aromatic N) is 1. The number of aliphatic imine (C=N–C) groups is 1. The molecule has 0 saturated heterocycles. The molecule has 27 heavy (non-hydrogen) atoms. The maximum Gasteiger partial charge on any atom is 0.191 e. The number of nitrogens with one attached hydrogen (secondary N) is 2. The van der Waals surface area contributed by atoms with Gasteiger partial charge < -0.3 is 20.1 Å². The standard InChI is InChI=1S/C21H27N3O2.HI/c1-4-22-21(24-14-17-12-16-7-5-6-8-18(16)17)23-13-15-9-10-19(25-2)20(11-15)26-3;/h5-11,17H,4,12-14H2,1-3H3,(H2,22,23,24);1H. The molecule has 0 radical (unpaired) electrons. The van der Waals surface area contributed by atoms with Gasteiger partial charge >= 0.3 is 0 Å². The summed E-state index contributed by atoms with van der Waals surface area (Å²) in [6, 6.07) is 14.5. The number of ether oxygens (including phenoxy) is 2. The van der Waals surface area contributed by atoms with Gasteiger partial charge in [0.15, 0.2) is 17.5 Å². The van der Waals surface area contributed by atoms with Crippen molar-refractivity contribution in [3.05, 3.63) is 59.2 Å². The van der Waals surface area contributed by atoms with E-state index in [0.717, 1.165) is 42.5 Å². The lowest BCUT2D eigenvalue weighted by Crippen LogP contribution is -2.41. The molecule has 2 aromatic carbocycles. The first-order valence-corrected chi connectivity index (χ1v) is 9.06.